The summed E-state index contributed by atoms with van der Waals surface area (Å²) in [6.07, 6.45) is 2.10. The summed E-state index contributed by atoms with van der Waals surface area (Å²) in [5, 5.41) is 0. The highest BCUT2D eigenvalue weighted by atomic mass is 16.7. The van der Waals surface area contributed by atoms with E-state index in [0.717, 1.165) is 5.47 Å². The maximum absolute atomic E-state index is 6.09. The number of hydrogen-bond donors (Lipinski definition) is 1. The van der Waals surface area contributed by atoms with Crippen molar-refractivity contribution in [2.24, 2.45) is 5.73 Å². The van der Waals surface area contributed by atoms with E-state index >= 15 is 0 Å². The fraction of sp³-hybridized carbons (Fsp3) is 0.529. The predicted molar refractivity (Wildman–Crippen MR) is 89.0 cm³/mol. The molecule has 0 saturated carbocycles. The molecule has 1 aromatic rings. The van der Waals surface area contributed by atoms with E-state index in [0.29, 0.717) is 6.54 Å². The second-order valence-corrected chi connectivity index (χ2v) is 6.80. The van der Waals surface area contributed by atoms with Gasteiger partial charge in [-0.25, -0.2) is 0 Å². The Morgan fingerprint density at radius 1 is 1.14 bits per heavy atom. The van der Waals surface area contributed by atoms with Crippen LogP contribution >= 0.6 is 0 Å². The summed E-state index contributed by atoms with van der Waals surface area (Å²) < 4.78 is 12.2. The fourth-order valence-electron chi connectivity index (χ4n) is 2.35. The van der Waals surface area contributed by atoms with Crippen molar-refractivity contribution < 1.29 is 9.31 Å². The normalized spacial score (nSPS) is 20.9. The number of aryl methyl sites for hydroxylation is 1. The van der Waals surface area contributed by atoms with Crippen molar-refractivity contribution in [2.75, 3.05) is 6.54 Å². The lowest BCUT2D eigenvalue weighted by Gasteiger charge is -2.32. The van der Waals surface area contributed by atoms with Gasteiger partial charge in [0.1, 0.15) is 0 Å². The van der Waals surface area contributed by atoms with Crippen LogP contribution in [0, 0.1) is 13.8 Å². The molecule has 21 heavy (non-hydrogen) atoms. The maximum Gasteiger partial charge on any atom is 0.491 e. The Bertz CT molecular complexity index is 548. The zero-order valence-corrected chi connectivity index (χ0v) is 14.0. The lowest BCUT2D eigenvalue weighted by molar-refractivity contribution is 0.00578. The van der Waals surface area contributed by atoms with Crippen LogP contribution < -0.4 is 5.73 Å². The van der Waals surface area contributed by atoms with E-state index in [9.17, 15) is 0 Å². The van der Waals surface area contributed by atoms with E-state index in [1.54, 1.807) is 0 Å². The highest BCUT2D eigenvalue weighted by molar-refractivity contribution is 6.55. The molecular weight excluding hydrogens is 261 g/mol. The molecule has 1 aliphatic rings. The highest BCUT2D eigenvalue weighted by Gasteiger charge is 2.52. The molecule has 0 atom stereocenters. The van der Waals surface area contributed by atoms with Gasteiger partial charge in [-0.1, -0.05) is 24.3 Å². The number of rotatable bonds is 3. The Kier molecular flexibility index (Phi) is 4.34. The van der Waals surface area contributed by atoms with E-state index in [1.165, 1.54) is 16.7 Å². The largest absolute Gasteiger partial charge is 0.491 e. The van der Waals surface area contributed by atoms with Crippen molar-refractivity contribution in [2.45, 2.75) is 52.7 Å². The van der Waals surface area contributed by atoms with Crippen molar-refractivity contribution >= 4 is 13.2 Å². The molecule has 1 aromatic carbocycles. The Hall–Kier alpha value is -1.10. The van der Waals surface area contributed by atoms with Crippen LogP contribution in [0.25, 0.3) is 6.08 Å². The Labute approximate surface area is 128 Å². The third kappa shape index (κ3) is 3.08. The Morgan fingerprint density at radius 3 is 2.24 bits per heavy atom. The smallest absolute Gasteiger partial charge is 0.400 e. The minimum atomic E-state index is -0.375. The zero-order valence-electron chi connectivity index (χ0n) is 14.0. The first-order valence-corrected chi connectivity index (χ1v) is 7.50. The van der Waals surface area contributed by atoms with Crippen molar-refractivity contribution in [1.29, 1.82) is 0 Å². The number of hydrogen-bond acceptors (Lipinski definition) is 3. The predicted octanol–water partition coefficient (Wildman–Crippen LogP) is 3.28. The topological polar surface area (TPSA) is 44.5 Å². The van der Waals surface area contributed by atoms with Gasteiger partial charge in [0.15, 0.2) is 0 Å². The lowest BCUT2D eigenvalue weighted by Crippen LogP contribution is -2.41. The van der Waals surface area contributed by atoms with Crippen LogP contribution in [0.15, 0.2) is 23.7 Å². The van der Waals surface area contributed by atoms with Gasteiger partial charge in [0.25, 0.3) is 0 Å². The molecule has 1 fully saturated rings. The third-order valence-corrected chi connectivity index (χ3v) is 4.78. The van der Waals surface area contributed by atoms with Crippen molar-refractivity contribution in [3.8, 4) is 0 Å². The molecule has 114 valence electrons. The van der Waals surface area contributed by atoms with Gasteiger partial charge in [-0.2, -0.15) is 0 Å². The average molecular weight is 287 g/mol. The first-order chi connectivity index (χ1) is 9.68. The van der Waals surface area contributed by atoms with Crippen molar-refractivity contribution in [1.82, 2.24) is 0 Å². The minimum absolute atomic E-state index is 0.340. The minimum Gasteiger partial charge on any atom is -0.400 e. The van der Waals surface area contributed by atoms with Gasteiger partial charge in [-0.3, -0.25) is 0 Å². The Balaban J connectivity index is 2.33. The molecular formula is C17H26BNO2. The van der Waals surface area contributed by atoms with E-state index in [4.69, 9.17) is 15.0 Å². The van der Waals surface area contributed by atoms with Crippen LogP contribution in [-0.2, 0) is 9.31 Å². The standard InChI is InChI=1S/C17H26BNO2/c1-12-8-7-9-14(13(12)2)10-15(11-19)18-20-16(3,4)17(5,6)21-18/h7-10H,11,19H2,1-6H3. The Morgan fingerprint density at radius 2 is 1.71 bits per heavy atom. The van der Waals surface area contributed by atoms with Crippen LogP contribution in [0.3, 0.4) is 0 Å². The van der Waals surface area contributed by atoms with Crippen LogP contribution in [-0.4, -0.2) is 24.9 Å². The second-order valence-electron chi connectivity index (χ2n) is 6.80. The van der Waals surface area contributed by atoms with Crippen molar-refractivity contribution in [3.05, 3.63) is 40.4 Å². The molecule has 2 N–H and O–H groups in total. The van der Waals surface area contributed by atoms with E-state index in [-0.39, 0.29) is 18.3 Å². The first-order valence-electron chi connectivity index (χ1n) is 7.50. The SMILES string of the molecule is Cc1cccc(C=C(CN)B2OC(C)(C)C(C)(C)O2)c1C. The molecule has 0 bridgehead atoms. The second kappa shape index (κ2) is 5.60. The van der Waals surface area contributed by atoms with Crippen LogP contribution in [0.4, 0.5) is 0 Å². The molecule has 0 unspecified atom stereocenters. The summed E-state index contributed by atoms with van der Waals surface area (Å²) >= 11 is 0. The van der Waals surface area contributed by atoms with Crippen LogP contribution in [0.2, 0.25) is 0 Å². The average Bonchev–Trinajstić information content (AvgIpc) is 2.60. The van der Waals surface area contributed by atoms with Gasteiger partial charge in [0, 0.05) is 6.54 Å². The molecule has 0 amide bonds. The summed E-state index contributed by atoms with van der Waals surface area (Å²) in [6.45, 7) is 12.9. The van der Waals surface area contributed by atoms with E-state index in [1.807, 2.05) is 0 Å². The quantitative estimate of drug-likeness (QED) is 0.868. The summed E-state index contributed by atoms with van der Waals surface area (Å²) in [5.41, 5.74) is 9.94. The van der Waals surface area contributed by atoms with E-state index < -0.39 is 0 Å². The molecule has 0 spiro atoms. The van der Waals surface area contributed by atoms with Gasteiger partial charge in [0.05, 0.1) is 11.2 Å². The number of benzene rings is 1. The van der Waals surface area contributed by atoms with Gasteiger partial charge in [-0.05, 0) is 63.7 Å². The molecule has 4 heteroatoms. The van der Waals surface area contributed by atoms with Gasteiger partial charge in [-0.15, -0.1) is 0 Å². The van der Waals surface area contributed by atoms with Gasteiger partial charge < -0.3 is 15.0 Å². The number of nitrogens with two attached hydrogens (primary N) is 1. The molecule has 0 radical (unpaired) electrons. The lowest BCUT2D eigenvalue weighted by atomic mass is 9.76. The van der Waals surface area contributed by atoms with Crippen LogP contribution in [0.1, 0.15) is 44.4 Å². The monoisotopic (exact) mass is 287 g/mol. The first kappa shape index (κ1) is 16.3. The summed E-state index contributed by atoms with van der Waals surface area (Å²) in [6, 6.07) is 6.28. The fourth-order valence-corrected chi connectivity index (χ4v) is 2.35. The molecule has 0 aliphatic carbocycles. The molecule has 1 aliphatic heterocycles. The van der Waals surface area contributed by atoms with Gasteiger partial charge in [0.2, 0.25) is 0 Å². The van der Waals surface area contributed by atoms with Crippen molar-refractivity contribution in [3.63, 3.8) is 0 Å². The zero-order chi connectivity index (χ0) is 15.8. The summed E-state index contributed by atoms with van der Waals surface area (Å²) in [7, 11) is -0.375. The van der Waals surface area contributed by atoms with Gasteiger partial charge >= 0.3 is 7.12 Å². The molecule has 0 aromatic heterocycles. The molecule has 2 rings (SSSR count). The maximum atomic E-state index is 6.09. The molecule has 1 heterocycles. The summed E-state index contributed by atoms with van der Waals surface area (Å²) in [5.74, 6) is 0. The molecule has 1 saturated heterocycles. The highest BCUT2D eigenvalue weighted by Crippen LogP contribution is 2.38. The third-order valence-electron chi connectivity index (χ3n) is 4.78. The van der Waals surface area contributed by atoms with Crippen LogP contribution in [0.5, 0.6) is 0 Å². The molecule has 3 nitrogen and oxygen atoms in total. The van der Waals surface area contributed by atoms with E-state index in [2.05, 4.69) is 65.8 Å². The summed E-state index contributed by atoms with van der Waals surface area (Å²) in [4.78, 5) is 0.